The first-order valence-electron chi connectivity index (χ1n) is 6.61. The molecule has 1 aromatic carbocycles. The standard InChI is InChI=1S/C15H13FN4O2/c1-9-14-12(17-7-10-3-2-4-11(16)5-10)6-13(21)20(22)15(14)19-8-18-9/h2-6,8,17,22H,7H2,1H3. The Labute approximate surface area is 124 Å². The van der Waals surface area contributed by atoms with Gasteiger partial charge >= 0.3 is 0 Å². The Morgan fingerprint density at radius 3 is 2.91 bits per heavy atom. The molecule has 0 atom stereocenters. The molecule has 2 aromatic heterocycles. The molecule has 0 saturated heterocycles. The van der Waals surface area contributed by atoms with Crippen molar-refractivity contribution in [2.24, 2.45) is 0 Å². The molecule has 112 valence electrons. The van der Waals surface area contributed by atoms with Gasteiger partial charge in [0.1, 0.15) is 12.1 Å². The summed E-state index contributed by atoms with van der Waals surface area (Å²) in [5.41, 5.74) is 1.37. The molecule has 3 rings (SSSR count). The molecule has 0 radical (unpaired) electrons. The number of nitrogens with one attached hydrogen (secondary N) is 1. The number of hydrogen-bond donors (Lipinski definition) is 2. The molecular formula is C15H13FN4O2. The van der Waals surface area contributed by atoms with Gasteiger partial charge < -0.3 is 10.5 Å². The number of anilines is 1. The predicted octanol–water partition coefficient (Wildman–Crippen LogP) is 2.09. The fourth-order valence-corrected chi connectivity index (χ4v) is 2.28. The van der Waals surface area contributed by atoms with Crippen LogP contribution in [0.4, 0.5) is 10.1 Å². The number of fused-ring (bicyclic) bond motifs is 1. The van der Waals surface area contributed by atoms with Crippen molar-refractivity contribution in [3.63, 3.8) is 0 Å². The van der Waals surface area contributed by atoms with Crippen molar-refractivity contribution in [3.8, 4) is 0 Å². The summed E-state index contributed by atoms with van der Waals surface area (Å²) in [6, 6.07) is 7.42. The van der Waals surface area contributed by atoms with Gasteiger partial charge in [-0.15, -0.1) is 4.73 Å². The second kappa shape index (κ2) is 5.44. The minimum Gasteiger partial charge on any atom is -0.423 e. The van der Waals surface area contributed by atoms with Crippen molar-refractivity contribution in [2.75, 3.05) is 5.32 Å². The van der Waals surface area contributed by atoms with Crippen LogP contribution in [0, 0.1) is 12.7 Å². The summed E-state index contributed by atoms with van der Waals surface area (Å²) in [4.78, 5) is 19.8. The van der Waals surface area contributed by atoms with Crippen LogP contribution in [0.5, 0.6) is 0 Å². The highest BCUT2D eigenvalue weighted by molar-refractivity contribution is 5.90. The molecule has 0 amide bonds. The fraction of sp³-hybridized carbons (Fsp3) is 0.133. The lowest BCUT2D eigenvalue weighted by molar-refractivity contribution is 0.186. The van der Waals surface area contributed by atoms with Crippen LogP contribution in [-0.4, -0.2) is 19.9 Å². The number of aryl methyl sites for hydroxylation is 1. The van der Waals surface area contributed by atoms with Crippen LogP contribution in [0.1, 0.15) is 11.3 Å². The topological polar surface area (TPSA) is 80.0 Å². The highest BCUT2D eigenvalue weighted by Gasteiger charge is 2.12. The van der Waals surface area contributed by atoms with Gasteiger partial charge in [0.25, 0.3) is 5.56 Å². The number of aromatic nitrogens is 3. The molecule has 0 aliphatic heterocycles. The first-order valence-corrected chi connectivity index (χ1v) is 6.61. The van der Waals surface area contributed by atoms with Crippen molar-refractivity contribution in [3.05, 3.63) is 64.1 Å². The maximum atomic E-state index is 13.2. The zero-order valence-electron chi connectivity index (χ0n) is 11.7. The Morgan fingerprint density at radius 1 is 1.32 bits per heavy atom. The zero-order chi connectivity index (χ0) is 15.7. The molecule has 0 fully saturated rings. The highest BCUT2D eigenvalue weighted by Crippen LogP contribution is 2.22. The average molecular weight is 300 g/mol. The van der Waals surface area contributed by atoms with Crippen molar-refractivity contribution < 1.29 is 9.60 Å². The predicted molar refractivity (Wildman–Crippen MR) is 79.4 cm³/mol. The fourth-order valence-electron chi connectivity index (χ4n) is 2.28. The normalized spacial score (nSPS) is 10.8. The summed E-state index contributed by atoms with van der Waals surface area (Å²) < 4.78 is 13.7. The molecule has 0 bridgehead atoms. The molecule has 22 heavy (non-hydrogen) atoms. The van der Waals surface area contributed by atoms with Gasteiger partial charge in [-0.25, -0.2) is 14.4 Å². The number of benzene rings is 1. The van der Waals surface area contributed by atoms with Crippen molar-refractivity contribution in [2.45, 2.75) is 13.5 Å². The van der Waals surface area contributed by atoms with Crippen LogP contribution < -0.4 is 10.9 Å². The SMILES string of the molecule is Cc1ncnc2c1c(NCc1cccc(F)c1)cc(=O)n2O. The highest BCUT2D eigenvalue weighted by atomic mass is 19.1. The lowest BCUT2D eigenvalue weighted by Crippen LogP contribution is -2.20. The molecule has 0 aliphatic rings. The van der Waals surface area contributed by atoms with E-state index in [0.717, 1.165) is 5.56 Å². The minimum atomic E-state index is -0.604. The maximum Gasteiger partial charge on any atom is 0.286 e. The van der Waals surface area contributed by atoms with E-state index in [-0.39, 0.29) is 11.5 Å². The molecule has 2 heterocycles. The smallest absolute Gasteiger partial charge is 0.286 e. The Hall–Kier alpha value is -2.96. The van der Waals surface area contributed by atoms with E-state index in [1.807, 2.05) is 0 Å². The van der Waals surface area contributed by atoms with Crippen molar-refractivity contribution in [1.29, 1.82) is 0 Å². The molecule has 0 unspecified atom stereocenters. The van der Waals surface area contributed by atoms with Gasteiger partial charge in [-0.05, 0) is 24.6 Å². The van der Waals surface area contributed by atoms with Crippen molar-refractivity contribution >= 4 is 16.7 Å². The number of hydrogen-bond acceptors (Lipinski definition) is 5. The van der Waals surface area contributed by atoms with E-state index in [9.17, 15) is 14.4 Å². The summed E-state index contributed by atoms with van der Waals surface area (Å²) in [6.45, 7) is 2.08. The van der Waals surface area contributed by atoms with Gasteiger partial charge in [-0.3, -0.25) is 4.79 Å². The van der Waals surface area contributed by atoms with Gasteiger partial charge in [0, 0.05) is 12.6 Å². The van der Waals surface area contributed by atoms with E-state index in [4.69, 9.17) is 0 Å². The first-order chi connectivity index (χ1) is 10.6. The summed E-state index contributed by atoms with van der Waals surface area (Å²) in [6.07, 6.45) is 1.28. The lowest BCUT2D eigenvalue weighted by Gasteiger charge is -2.12. The van der Waals surface area contributed by atoms with E-state index in [0.29, 0.717) is 28.0 Å². The van der Waals surface area contributed by atoms with Gasteiger partial charge in [0.05, 0.1) is 16.8 Å². The Kier molecular flexibility index (Phi) is 3.46. The third kappa shape index (κ3) is 2.48. The van der Waals surface area contributed by atoms with Crippen LogP contribution in [0.25, 0.3) is 11.0 Å². The third-order valence-electron chi connectivity index (χ3n) is 3.34. The Bertz CT molecular complexity index is 908. The summed E-state index contributed by atoms with van der Waals surface area (Å²) >= 11 is 0. The number of nitrogens with zero attached hydrogens (tertiary/aromatic N) is 3. The van der Waals surface area contributed by atoms with E-state index in [1.165, 1.54) is 24.5 Å². The lowest BCUT2D eigenvalue weighted by atomic mass is 10.2. The van der Waals surface area contributed by atoms with E-state index in [2.05, 4.69) is 15.3 Å². The van der Waals surface area contributed by atoms with Crippen LogP contribution in [0.3, 0.4) is 0 Å². The van der Waals surface area contributed by atoms with E-state index >= 15 is 0 Å². The van der Waals surface area contributed by atoms with Gasteiger partial charge in [0.15, 0.2) is 5.65 Å². The summed E-state index contributed by atoms with van der Waals surface area (Å²) in [5.74, 6) is -0.325. The van der Waals surface area contributed by atoms with Gasteiger partial charge in [0.2, 0.25) is 0 Å². The molecule has 2 N–H and O–H groups in total. The summed E-state index contributed by atoms with van der Waals surface area (Å²) in [5, 5.41) is 13.4. The van der Waals surface area contributed by atoms with E-state index in [1.54, 1.807) is 19.1 Å². The molecule has 3 aromatic rings. The molecule has 0 aliphatic carbocycles. The first kappa shape index (κ1) is 14.0. The van der Waals surface area contributed by atoms with Crippen LogP contribution in [0.15, 0.2) is 41.5 Å². The molecule has 0 spiro atoms. The Balaban J connectivity index is 2.04. The van der Waals surface area contributed by atoms with Gasteiger partial charge in [-0.1, -0.05) is 12.1 Å². The van der Waals surface area contributed by atoms with Crippen LogP contribution in [0.2, 0.25) is 0 Å². The monoisotopic (exact) mass is 300 g/mol. The second-order valence-electron chi connectivity index (χ2n) is 4.85. The zero-order valence-corrected chi connectivity index (χ0v) is 11.7. The average Bonchev–Trinajstić information content (AvgIpc) is 2.50. The molecule has 7 heteroatoms. The van der Waals surface area contributed by atoms with Crippen LogP contribution >= 0.6 is 0 Å². The van der Waals surface area contributed by atoms with E-state index < -0.39 is 5.56 Å². The molecule has 0 saturated carbocycles. The molecule has 6 nitrogen and oxygen atoms in total. The number of halogens is 1. The second-order valence-corrected chi connectivity index (χ2v) is 4.85. The Morgan fingerprint density at radius 2 is 2.14 bits per heavy atom. The van der Waals surface area contributed by atoms with Gasteiger partial charge in [-0.2, -0.15) is 0 Å². The third-order valence-corrected chi connectivity index (χ3v) is 3.34. The largest absolute Gasteiger partial charge is 0.423 e. The van der Waals surface area contributed by atoms with Crippen molar-refractivity contribution in [1.82, 2.24) is 14.7 Å². The number of pyridine rings is 1. The summed E-state index contributed by atoms with van der Waals surface area (Å²) in [7, 11) is 0. The van der Waals surface area contributed by atoms with Crippen LogP contribution in [-0.2, 0) is 6.54 Å². The number of rotatable bonds is 3. The molecular weight excluding hydrogens is 287 g/mol. The maximum absolute atomic E-state index is 13.2. The minimum absolute atomic E-state index is 0.127. The quantitative estimate of drug-likeness (QED) is 0.724.